The quantitative estimate of drug-likeness (QED) is 0.317. The number of thiazole rings is 1. The zero-order valence-electron chi connectivity index (χ0n) is 14.2. The van der Waals surface area contributed by atoms with E-state index in [0.29, 0.717) is 10.7 Å². The number of benzene rings is 2. The summed E-state index contributed by atoms with van der Waals surface area (Å²) in [6.45, 7) is 1.84. The molecule has 0 saturated carbocycles. The van der Waals surface area contributed by atoms with Crippen LogP contribution < -0.4 is 5.56 Å². The third kappa shape index (κ3) is 3.43. The Balaban J connectivity index is 1.67. The van der Waals surface area contributed by atoms with Gasteiger partial charge in [0.1, 0.15) is 5.40 Å². The SMILES string of the molecule is Cc1[nH]n(-c2ccccc2)c(=O)c1/C=N/c1nc2ccc(SC#N)cc2s1. The number of nitrogens with one attached hydrogen (secondary N) is 1. The molecule has 0 unspecified atom stereocenters. The van der Waals surface area contributed by atoms with Gasteiger partial charge < -0.3 is 0 Å². The molecule has 4 rings (SSSR count). The van der Waals surface area contributed by atoms with E-state index in [-0.39, 0.29) is 5.56 Å². The van der Waals surface area contributed by atoms with Crippen LogP contribution >= 0.6 is 23.1 Å². The van der Waals surface area contributed by atoms with E-state index in [4.69, 9.17) is 5.26 Å². The summed E-state index contributed by atoms with van der Waals surface area (Å²) in [4.78, 5) is 22.4. The molecule has 0 aliphatic heterocycles. The number of aromatic nitrogens is 3. The van der Waals surface area contributed by atoms with Gasteiger partial charge in [-0.1, -0.05) is 29.5 Å². The van der Waals surface area contributed by atoms with Crippen LogP contribution in [0, 0.1) is 17.6 Å². The maximum atomic E-state index is 12.7. The zero-order chi connectivity index (χ0) is 18.8. The molecule has 2 heterocycles. The maximum absolute atomic E-state index is 12.7. The van der Waals surface area contributed by atoms with Crippen molar-refractivity contribution in [3.8, 4) is 11.1 Å². The molecule has 8 heteroatoms. The van der Waals surface area contributed by atoms with Crippen molar-refractivity contribution in [3.63, 3.8) is 0 Å². The van der Waals surface area contributed by atoms with Crippen molar-refractivity contribution in [3.05, 3.63) is 70.1 Å². The number of thioether (sulfide) groups is 1. The Labute approximate surface area is 162 Å². The van der Waals surface area contributed by atoms with Crippen molar-refractivity contribution < 1.29 is 0 Å². The minimum absolute atomic E-state index is 0.156. The van der Waals surface area contributed by atoms with Crippen LogP contribution in [0.1, 0.15) is 11.3 Å². The minimum atomic E-state index is -0.156. The highest BCUT2D eigenvalue weighted by atomic mass is 32.2. The summed E-state index contributed by atoms with van der Waals surface area (Å²) in [6, 6.07) is 15.0. The number of para-hydroxylation sites is 1. The van der Waals surface area contributed by atoms with E-state index in [2.05, 4.69) is 20.5 Å². The van der Waals surface area contributed by atoms with E-state index < -0.39 is 0 Å². The summed E-state index contributed by atoms with van der Waals surface area (Å²) in [6.07, 6.45) is 1.55. The van der Waals surface area contributed by atoms with Crippen LogP contribution in [0.4, 0.5) is 5.13 Å². The Kier molecular flexibility index (Phi) is 4.62. The molecular formula is C19H13N5OS2. The lowest BCUT2D eigenvalue weighted by Crippen LogP contribution is -2.17. The molecule has 0 atom stereocenters. The van der Waals surface area contributed by atoms with Crippen molar-refractivity contribution in [2.24, 2.45) is 4.99 Å². The van der Waals surface area contributed by atoms with E-state index in [1.807, 2.05) is 55.5 Å². The predicted octanol–water partition coefficient (Wildman–Crippen LogP) is 4.41. The second-order valence-corrected chi connectivity index (χ2v) is 7.57. The van der Waals surface area contributed by atoms with Gasteiger partial charge in [0.25, 0.3) is 5.56 Å². The van der Waals surface area contributed by atoms with Gasteiger partial charge in [0.2, 0.25) is 5.13 Å². The smallest absolute Gasteiger partial charge is 0.280 e. The third-order valence-electron chi connectivity index (χ3n) is 3.95. The van der Waals surface area contributed by atoms with Crippen LogP contribution in [0.3, 0.4) is 0 Å². The average molecular weight is 391 g/mol. The Hall–Kier alpha value is -3.15. The van der Waals surface area contributed by atoms with Crippen LogP contribution in [0.15, 0.2) is 63.2 Å². The van der Waals surface area contributed by atoms with Crippen molar-refractivity contribution in [1.82, 2.24) is 14.8 Å². The Morgan fingerprint density at radius 3 is 2.89 bits per heavy atom. The molecule has 2 aromatic heterocycles. The average Bonchev–Trinajstić information content (AvgIpc) is 3.21. The highest BCUT2D eigenvalue weighted by Gasteiger charge is 2.11. The number of fused-ring (bicyclic) bond motifs is 1. The van der Waals surface area contributed by atoms with Gasteiger partial charge in [-0.3, -0.25) is 9.89 Å². The van der Waals surface area contributed by atoms with Gasteiger partial charge in [-0.2, -0.15) is 5.26 Å². The number of nitrogens with zero attached hydrogens (tertiary/aromatic N) is 4. The lowest BCUT2D eigenvalue weighted by atomic mass is 10.3. The largest absolute Gasteiger partial charge is 0.295 e. The lowest BCUT2D eigenvalue weighted by molar-refractivity contribution is 0.835. The summed E-state index contributed by atoms with van der Waals surface area (Å²) in [5.41, 5.74) is 2.67. The molecule has 0 fully saturated rings. The van der Waals surface area contributed by atoms with Gasteiger partial charge in [0.05, 0.1) is 21.5 Å². The number of hydrogen-bond donors (Lipinski definition) is 1. The summed E-state index contributed by atoms with van der Waals surface area (Å²) in [7, 11) is 0. The predicted molar refractivity (Wildman–Crippen MR) is 109 cm³/mol. The molecule has 0 spiro atoms. The highest BCUT2D eigenvalue weighted by Crippen LogP contribution is 2.31. The van der Waals surface area contributed by atoms with Gasteiger partial charge in [0, 0.05) is 16.8 Å². The van der Waals surface area contributed by atoms with E-state index >= 15 is 0 Å². The normalized spacial score (nSPS) is 11.3. The van der Waals surface area contributed by atoms with E-state index in [0.717, 1.165) is 38.3 Å². The highest BCUT2D eigenvalue weighted by molar-refractivity contribution is 8.03. The first-order valence-corrected chi connectivity index (χ1v) is 9.66. The fraction of sp³-hybridized carbons (Fsp3) is 0.0526. The molecule has 0 radical (unpaired) electrons. The molecule has 27 heavy (non-hydrogen) atoms. The van der Waals surface area contributed by atoms with Gasteiger partial charge in [0.15, 0.2) is 0 Å². The van der Waals surface area contributed by atoms with E-state index in [1.54, 1.807) is 6.21 Å². The summed E-state index contributed by atoms with van der Waals surface area (Å²) in [5, 5.41) is 14.5. The number of aliphatic imine (C=N–C) groups is 1. The van der Waals surface area contributed by atoms with Crippen molar-refractivity contribution >= 4 is 44.7 Å². The van der Waals surface area contributed by atoms with Crippen LogP contribution in [-0.4, -0.2) is 21.0 Å². The zero-order valence-corrected chi connectivity index (χ0v) is 15.8. The number of aryl methyl sites for hydroxylation is 1. The summed E-state index contributed by atoms with van der Waals surface area (Å²) >= 11 is 2.53. The molecule has 0 bridgehead atoms. The van der Waals surface area contributed by atoms with Crippen molar-refractivity contribution in [1.29, 1.82) is 5.26 Å². The van der Waals surface area contributed by atoms with Crippen molar-refractivity contribution in [2.45, 2.75) is 11.8 Å². The van der Waals surface area contributed by atoms with E-state index in [1.165, 1.54) is 16.0 Å². The molecule has 132 valence electrons. The lowest BCUT2D eigenvalue weighted by Gasteiger charge is -1.99. The first-order chi connectivity index (χ1) is 13.2. The molecule has 1 N–H and O–H groups in total. The molecule has 0 amide bonds. The van der Waals surface area contributed by atoms with Crippen LogP contribution in [-0.2, 0) is 0 Å². The molecule has 4 aromatic rings. The molecule has 2 aromatic carbocycles. The van der Waals surface area contributed by atoms with E-state index in [9.17, 15) is 4.79 Å². The molecular weight excluding hydrogens is 378 g/mol. The number of aromatic amines is 1. The second-order valence-electron chi connectivity index (χ2n) is 5.70. The molecule has 0 saturated heterocycles. The standard InChI is InChI=1S/C19H13N5OS2/c1-12-15(18(25)24(23-12)13-5-3-2-4-6-13)10-21-19-22-16-8-7-14(26-11-20)9-17(16)27-19/h2-10,23H,1H3/b21-10+. The van der Waals surface area contributed by atoms with Gasteiger partial charge in [-0.15, -0.1) is 0 Å². The number of H-pyrrole nitrogens is 1. The number of hydrogen-bond acceptors (Lipinski definition) is 6. The Morgan fingerprint density at radius 1 is 1.30 bits per heavy atom. The molecule has 6 nitrogen and oxygen atoms in total. The van der Waals surface area contributed by atoms with Crippen LogP contribution in [0.25, 0.3) is 15.9 Å². The fourth-order valence-electron chi connectivity index (χ4n) is 2.65. The third-order valence-corrected chi connectivity index (χ3v) is 5.45. The second kappa shape index (κ2) is 7.23. The first-order valence-electron chi connectivity index (χ1n) is 8.03. The molecule has 0 aliphatic carbocycles. The molecule has 0 aliphatic rings. The van der Waals surface area contributed by atoms with Crippen LogP contribution in [0.5, 0.6) is 0 Å². The first kappa shape index (κ1) is 17.3. The Bertz CT molecular complexity index is 1240. The topological polar surface area (TPSA) is 86.8 Å². The number of thiocyanates is 1. The Morgan fingerprint density at radius 2 is 2.11 bits per heavy atom. The summed E-state index contributed by atoms with van der Waals surface area (Å²) < 4.78 is 2.45. The number of nitriles is 1. The summed E-state index contributed by atoms with van der Waals surface area (Å²) in [5.74, 6) is 0. The van der Waals surface area contributed by atoms with Gasteiger partial charge in [-0.25, -0.2) is 14.7 Å². The monoisotopic (exact) mass is 391 g/mol. The number of rotatable bonds is 4. The maximum Gasteiger partial charge on any atom is 0.280 e. The van der Waals surface area contributed by atoms with Gasteiger partial charge in [-0.05, 0) is 49.0 Å². The van der Waals surface area contributed by atoms with Crippen molar-refractivity contribution in [2.75, 3.05) is 0 Å². The minimum Gasteiger partial charge on any atom is -0.295 e. The fourth-order valence-corrected chi connectivity index (χ4v) is 4.00. The van der Waals surface area contributed by atoms with Gasteiger partial charge >= 0.3 is 0 Å². The van der Waals surface area contributed by atoms with Crippen LogP contribution in [0.2, 0.25) is 0 Å².